The topological polar surface area (TPSA) is 12.0 Å². The summed E-state index contributed by atoms with van der Waals surface area (Å²) in [6.07, 6.45) is 10.7. The smallest absolute Gasteiger partial charge is 0.0934 e. The van der Waals surface area contributed by atoms with Gasteiger partial charge in [-0.25, -0.2) is 0 Å². The summed E-state index contributed by atoms with van der Waals surface area (Å²) in [5.41, 5.74) is 1.50. The first-order valence-corrected chi connectivity index (χ1v) is 9.00. The van der Waals surface area contributed by atoms with Gasteiger partial charge in [-0.2, -0.15) is 0 Å². The van der Waals surface area contributed by atoms with Gasteiger partial charge in [0.1, 0.15) is 0 Å². The van der Waals surface area contributed by atoms with E-state index in [0.29, 0.717) is 6.04 Å². The predicted molar refractivity (Wildman–Crippen MR) is 84.2 cm³/mol. The third kappa shape index (κ3) is 3.17. The van der Waals surface area contributed by atoms with Gasteiger partial charge in [0.2, 0.25) is 0 Å². The molecule has 0 spiro atoms. The van der Waals surface area contributed by atoms with Crippen LogP contribution in [0.25, 0.3) is 0 Å². The number of hydrogen-bond acceptors (Lipinski definition) is 2. The molecule has 3 heteroatoms. The van der Waals surface area contributed by atoms with Crippen LogP contribution in [0.4, 0.5) is 0 Å². The summed E-state index contributed by atoms with van der Waals surface area (Å²) in [4.78, 5) is 1.52. The van der Waals surface area contributed by atoms with Crippen LogP contribution >= 0.6 is 22.9 Å². The van der Waals surface area contributed by atoms with Gasteiger partial charge in [-0.1, -0.05) is 24.9 Å². The molecule has 1 saturated carbocycles. The minimum Gasteiger partial charge on any atom is -0.307 e. The molecule has 1 fully saturated rings. The van der Waals surface area contributed by atoms with Gasteiger partial charge in [-0.15, -0.1) is 11.3 Å². The predicted octanol–water partition coefficient (Wildman–Crippen LogP) is 5.34. The van der Waals surface area contributed by atoms with Crippen LogP contribution in [-0.4, -0.2) is 6.04 Å². The zero-order valence-electron chi connectivity index (χ0n) is 11.8. The summed E-state index contributed by atoms with van der Waals surface area (Å²) in [7, 11) is 0. The second-order valence-corrected chi connectivity index (χ2v) is 7.93. The second kappa shape index (κ2) is 6.15. The van der Waals surface area contributed by atoms with Gasteiger partial charge < -0.3 is 5.32 Å². The molecule has 106 valence electrons. The summed E-state index contributed by atoms with van der Waals surface area (Å²) in [6.45, 7) is 2.33. The Labute approximate surface area is 125 Å². The van der Waals surface area contributed by atoms with Crippen LogP contribution in [0.1, 0.15) is 68.4 Å². The number of rotatable bonds is 3. The van der Waals surface area contributed by atoms with E-state index in [1.807, 2.05) is 0 Å². The molecule has 1 nitrogen and oxygen atoms in total. The first-order chi connectivity index (χ1) is 9.26. The molecule has 0 saturated heterocycles. The van der Waals surface area contributed by atoms with Crippen LogP contribution in [0.3, 0.4) is 0 Å². The van der Waals surface area contributed by atoms with E-state index in [9.17, 15) is 0 Å². The van der Waals surface area contributed by atoms with Crippen LogP contribution < -0.4 is 5.32 Å². The van der Waals surface area contributed by atoms with Gasteiger partial charge in [-0.05, 0) is 62.5 Å². The quantitative estimate of drug-likeness (QED) is 0.794. The van der Waals surface area contributed by atoms with Crippen molar-refractivity contribution in [3.63, 3.8) is 0 Å². The Morgan fingerprint density at radius 1 is 1.26 bits per heavy atom. The molecule has 19 heavy (non-hydrogen) atoms. The molecule has 3 rings (SSSR count). The summed E-state index contributed by atoms with van der Waals surface area (Å²) in [5.74, 6) is 0.982. The lowest BCUT2D eigenvalue weighted by Gasteiger charge is -2.33. The lowest BCUT2D eigenvalue weighted by atomic mass is 9.83. The fraction of sp³-hybridized carbons (Fsp3) is 0.750. The maximum absolute atomic E-state index is 6.19. The average Bonchev–Trinajstić information content (AvgIpc) is 2.81. The molecule has 2 aliphatic rings. The molecular formula is C16H24ClNS. The molecule has 0 aliphatic heterocycles. The Bertz CT molecular complexity index is 420. The van der Waals surface area contributed by atoms with Gasteiger partial charge in [0, 0.05) is 17.0 Å². The number of aryl methyl sites for hydroxylation is 1. The number of halogens is 1. The first kappa shape index (κ1) is 13.9. The summed E-state index contributed by atoms with van der Waals surface area (Å²) in [5, 5.41) is 3.92. The highest BCUT2D eigenvalue weighted by Gasteiger charge is 2.27. The van der Waals surface area contributed by atoms with Crippen LogP contribution in [0.5, 0.6) is 0 Å². The first-order valence-electron chi connectivity index (χ1n) is 7.80. The lowest BCUT2D eigenvalue weighted by Crippen LogP contribution is -2.37. The molecule has 1 unspecified atom stereocenters. The van der Waals surface area contributed by atoms with E-state index in [2.05, 4.69) is 18.3 Å². The molecule has 0 aromatic carbocycles. The minimum atomic E-state index is 0.565. The Kier molecular flexibility index (Phi) is 4.51. The zero-order chi connectivity index (χ0) is 13.2. The molecule has 1 aromatic heterocycles. The number of thiophene rings is 1. The molecule has 0 radical (unpaired) electrons. The Balaban J connectivity index is 1.62. The van der Waals surface area contributed by atoms with Crippen molar-refractivity contribution >= 4 is 22.9 Å². The van der Waals surface area contributed by atoms with E-state index in [0.717, 1.165) is 16.3 Å². The van der Waals surface area contributed by atoms with Crippen molar-refractivity contribution in [1.29, 1.82) is 0 Å². The van der Waals surface area contributed by atoms with Crippen molar-refractivity contribution in [2.24, 2.45) is 5.92 Å². The molecule has 1 atom stereocenters. The maximum atomic E-state index is 6.19. The number of hydrogen-bond donors (Lipinski definition) is 1. The summed E-state index contributed by atoms with van der Waals surface area (Å²) in [6, 6.07) is 3.50. The van der Waals surface area contributed by atoms with Crippen molar-refractivity contribution < 1.29 is 0 Å². The van der Waals surface area contributed by atoms with Crippen LogP contribution in [0.15, 0.2) is 6.07 Å². The van der Waals surface area contributed by atoms with Crippen molar-refractivity contribution in [2.75, 3.05) is 0 Å². The number of nitrogens with one attached hydrogen (secondary N) is 1. The van der Waals surface area contributed by atoms with Crippen molar-refractivity contribution in [3.05, 3.63) is 20.8 Å². The monoisotopic (exact) mass is 297 g/mol. The largest absolute Gasteiger partial charge is 0.307 e. The highest BCUT2D eigenvalue weighted by molar-refractivity contribution is 7.16. The van der Waals surface area contributed by atoms with Gasteiger partial charge in [0.15, 0.2) is 0 Å². The normalized spacial score (nSPS) is 31.2. The van der Waals surface area contributed by atoms with E-state index >= 15 is 0 Å². The Morgan fingerprint density at radius 3 is 2.79 bits per heavy atom. The SMILES string of the molecule is CCC1CCC(NC2CCCc3sc(Cl)cc32)CC1. The van der Waals surface area contributed by atoms with Crippen LogP contribution in [-0.2, 0) is 6.42 Å². The molecule has 1 heterocycles. The Morgan fingerprint density at radius 2 is 2.05 bits per heavy atom. The van der Waals surface area contributed by atoms with E-state index in [1.54, 1.807) is 11.3 Å². The number of fused-ring (bicyclic) bond motifs is 1. The highest BCUT2D eigenvalue weighted by atomic mass is 35.5. The summed E-state index contributed by atoms with van der Waals surface area (Å²) < 4.78 is 0.966. The summed E-state index contributed by atoms with van der Waals surface area (Å²) >= 11 is 7.97. The second-order valence-electron chi connectivity index (χ2n) is 6.17. The van der Waals surface area contributed by atoms with E-state index in [4.69, 9.17) is 11.6 Å². The maximum Gasteiger partial charge on any atom is 0.0934 e. The molecule has 2 aliphatic carbocycles. The fourth-order valence-electron chi connectivity index (χ4n) is 3.72. The highest BCUT2D eigenvalue weighted by Crippen LogP contribution is 2.39. The van der Waals surface area contributed by atoms with Crippen LogP contribution in [0, 0.1) is 5.92 Å². The molecule has 0 bridgehead atoms. The van der Waals surface area contributed by atoms with Crippen molar-refractivity contribution in [1.82, 2.24) is 5.32 Å². The third-order valence-electron chi connectivity index (χ3n) is 4.94. The average molecular weight is 298 g/mol. The van der Waals surface area contributed by atoms with Gasteiger partial charge in [0.05, 0.1) is 4.34 Å². The fourth-order valence-corrected chi connectivity index (χ4v) is 5.10. The van der Waals surface area contributed by atoms with Crippen molar-refractivity contribution in [2.45, 2.75) is 70.4 Å². The molecule has 1 aromatic rings. The molecule has 1 N–H and O–H groups in total. The Hall–Kier alpha value is -0.0500. The minimum absolute atomic E-state index is 0.565. The van der Waals surface area contributed by atoms with Crippen LogP contribution in [0.2, 0.25) is 4.34 Å². The van der Waals surface area contributed by atoms with E-state index in [1.165, 1.54) is 61.8 Å². The lowest BCUT2D eigenvalue weighted by molar-refractivity contribution is 0.262. The van der Waals surface area contributed by atoms with Gasteiger partial charge in [0.25, 0.3) is 0 Å². The zero-order valence-corrected chi connectivity index (χ0v) is 13.3. The molecule has 0 amide bonds. The third-order valence-corrected chi connectivity index (χ3v) is 6.28. The van der Waals surface area contributed by atoms with E-state index in [-0.39, 0.29) is 0 Å². The van der Waals surface area contributed by atoms with Gasteiger partial charge >= 0.3 is 0 Å². The van der Waals surface area contributed by atoms with Crippen molar-refractivity contribution in [3.8, 4) is 0 Å². The van der Waals surface area contributed by atoms with E-state index < -0.39 is 0 Å². The molecular weight excluding hydrogens is 274 g/mol. The van der Waals surface area contributed by atoms with Gasteiger partial charge in [-0.3, -0.25) is 0 Å². The standard InChI is InChI=1S/C16H24ClNS/c1-2-11-6-8-12(9-7-11)18-14-4-3-5-15-13(14)10-16(17)19-15/h10-12,14,18H,2-9H2,1H3.